The van der Waals surface area contributed by atoms with Gasteiger partial charge in [-0.25, -0.2) is 0 Å². The van der Waals surface area contributed by atoms with Gasteiger partial charge in [0.2, 0.25) is 0 Å². The van der Waals surface area contributed by atoms with Crippen molar-refractivity contribution >= 4 is 15.9 Å². The molecule has 1 spiro atoms. The summed E-state index contributed by atoms with van der Waals surface area (Å²) in [6.07, 6.45) is 1.96. The maximum atomic E-state index is 6.36. The van der Waals surface area contributed by atoms with Gasteiger partial charge in [-0.1, -0.05) is 22.9 Å². The summed E-state index contributed by atoms with van der Waals surface area (Å²) in [5, 5.41) is 3.43. The number of hydrogen-bond acceptors (Lipinski definition) is 3. The third-order valence-electron chi connectivity index (χ3n) is 4.32. The van der Waals surface area contributed by atoms with Crippen LogP contribution < -0.4 is 15.8 Å². The smallest absolute Gasteiger partial charge is 0.125 e. The normalized spacial score (nSPS) is 35.1. The molecule has 2 aliphatic heterocycles. The molecule has 1 aromatic rings. The molecule has 3 rings (SSSR count). The number of nitrogens with two attached hydrogens (primary N) is 1. The lowest BCUT2D eigenvalue weighted by Crippen LogP contribution is -2.55. The molecule has 1 aromatic carbocycles. The van der Waals surface area contributed by atoms with E-state index in [0.29, 0.717) is 5.92 Å². The van der Waals surface area contributed by atoms with Crippen LogP contribution in [0.1, 0.15) is 31.4 Å². The first kappa shape index (κ1) is 12.5. The van der Waals surface area contributed by atoms with Crippen molar-refractivity contribution < 1.29 is 4.74 Å². The molecule has 2 heterocycles. The van der Waals surface area contributed by atoms with Gasteiger partial charge in [0.1, 0.15) is 11.4 Å². The molecule has 3 N–H and O–H groups in total. The number of hydrogen-bond donors (Lipinski definition) is 2. The zero-order chi connectivity index (χ0) is 12.8. The highest BCUT2D eigenvalue weighted by Gasteiger charge is 2.45. The minimum absolute atomic E-state index is 0.0757. The second kappa shape index (κ2) is 4.51. The van der Waals surface area contributed by atoms with Gasteiger partial charge in [-0.3, -0.25) is 0 Å². The predicted molar refractivity (Wildman–Crippen MR) is 75.7 cm³/mol. The van der Waals surface area contributed by atoms with Crippen LogP contribution >= 0.6 is 15.9 Å². The lowest BCUT2D eigenvalue weighted by atomic mass is 9.75. The molecule has 3 nitrogen and oxygen atoms in total. The van der Waals surface area contributed by atoms with Gasteiger partial charge in [0.05, 0.1) is 0 Å². The Kier molecular flexibility index (Phi) is 3.12. The fraction of sp³-hybridized carbons (Fsp3) is 0.571. The Morgan fingerprint density at radius 1 is 1.50 bits per heavy atom. The largest absolute Gasteiger partial charge is 0.486 e. The number of ether oxygens (including phenoxy) is 1. The molecule has 4 heteroatoms. The molecule has 0 aromatic heterocycles. The number of nitrogens with one attached hydrogen (secondary N) is 1. The quantitative estimate of drug-likeness (QED) is 0.774. The maximum Gasteiger partial charge on any atom is 0.125 e. The monoisotopic (exact) mass is 310 g/mol. The van der Waals surface area contributed by atoms with Gasteiger partial charge in [-0.2, -0.15) is 0 Å². The fourth-order valence-corrected chi connectivity index (χ4v) is 3.53. The first-order valence-electron chi connectivity index (χ1n) is 6.55. The van der Waals surface area contributed by atoms with Crippen LogP contribution in [0, 0.1) is 5.92 Å². The number of benzene rings is 1. The summed E-state index contributed by atoms with van der Waals surface area (Å²) in [4.78, 5) is 0. The minimum atomic E-state index is -0.0779. The van der Waals surface area contributed by atoms with Crippen molar-refractivity contribution in [3.8, 4) is 5.75 Å². The van der Waals surface area contributed by atoms with E-state index in [1.54, 1.807) is 0 Å². The minimum Gasteiger partial charge on any atom is -0.486 e. The SMILES string of the molecule is CC1CNCCC12C[C@@H](N)c1cc(Br)ccc1O2. The molecule has 1 fully saturated rings. The zero-order valence-electron chi connectivity index (χ0n) is 10.6. The van der Waals surface area contributed by atoms with E-state index in [4.69, 9.17) is 10.5 Å². The average molecular weight is 311 g/mol. The van der Waals surface area contributed by atoms with Crippen molar-refractivity contribution in [2.75, 3.05) is 13.1 Å². The highest BCUT2D eigenvalue weighted by atomic mass is 79.9. The van der Waals surface area contributed by atoms with Gasteiger partial charge >= 0.3 is 0 Å². The number of rotatable bonds is 0. The Bertz CT molecular complexity index is 465. The first-order chi connectivity index (χ1) is 8.61. The molecule has 98 valence electrons. The van der Waals surface area contributed by atoms with E-state index in [2.05, 4.69) is 34.2 Å². The highest BCUT2D eigenvalue weighted by molar-refractivity contribution is 9.10. The second-order valence-electron chi connectivity index (χ2n) is 5.51. The van der Waals surface area contributed by atoms with E-state index >= 15 is 0 Å². The molecule has 2 unspecified atom stereocenters. The van der Waals surface area contributed by atoms with Crippen molar-refractivity contribution in [3.05, 3.63) is 28.2 Å². The van der Waals surface area contributed by atoms with Crippen LogP contribution in [0.15, 0.2) is 22.7 Å². The summed E-state index contributed by atoms with van der Waals surface area (Å²) in [6, 6.07) is 6.22. The Balaban J connectivity index is 1.98. The third kappa shape index (κ3) is 1.96. The second-order valence-corrected chi connectivity index (χ2v) is 6.43. The predicted octanol–water partition coefficient (Wildman–Crippen LogP) is 2.60. The summed E-state index contributed by atoms with van der Waals surface area (Å²) in [5.74, 6) is 1.46. The molecular formula is C14H19BrN2O. The van der Waals surface area contributed by atoms with Crippen molar-refractivity contribution in [1.29, 1.82) is 0 Å². The summed E-state index contributed by atoms with van der Waals surface area (Å²) in [6.45, 7) is 4.28. The van der Waals surface area contributed by atoms with E-state index < -0.39 is 0 Å². The van der Waals surface area contributed by atoms with Crippen molar-refractivity contribution in [3.63, 3.8) is 0 Å². The summed E-state index contributed by atoms with van der Waals surface area (Å²) in [5.41, 5.74) is 7.41. The molecule has 0 bridgehead atoms. The van der Waals surface area contributed by atoms with E-state index in [9.17, 15) is 0 Å². The van der Waals surface area contributed by atoms with Crippen LogP contribution in [0.4, 0.5) is 0 Å². The van der Waals surface area contributed by atoms with Crippen molar-refractivity contribution in [1.82, 2.24) is 5.32 Å². The standard InChI is InChI=1S/C14H19BrN2O/c1-9-8-17-5-4-14(9)7-12(16)11-6-10(15)2-3-13(11)18-14/h2-3,6,9,12,17H,4-5,7-8,16H2,1H3/t9?,12-,14?/m1/s1. The van der Waals surface area contributed by atoms with Crippen LogP contribution in [-0.2, 0) is 0 Å². The Hall–Kier alpha value is -0.580. The van der Waals surface area contributed by atoms with Gasteiger partial charge < -0.3 is 15.8 Å². The van der Waals surface area contributed by atoms with Crippen molar-refractivity contribution in [2.24, 2.45) is 11.7 Å². The Morgan fingerprint density at radius 2 is 2.33 bits per heavy atom. The third-order valence-corrected chi connectivity index (χ3v) is 4.82. The van der Waals surface area contributed by atoms with E-state index in [1.165, 1.54) is 0 Å². The van der Waals surface area contributed by atoms with Gasteiger partial charge in [0.25, 0.3) is 0 Å². The summed E-state index contributed by atoms with van der Waals surface area (Å²) in [7, 11) is 0. The van der Waals surface area contributed by atoms with Crippen LogP contribution in [-0.4, -0.2) is 18.7 Å². The Labute approximate surface area is 116 Å². The molecule has 0 aliphatic carbocycles. The molecule has 18 heavy (non-hydrogen) atoms. The lowest BCUT2D eigenvalue weighted by Gasteiger charge is -2.47. The number of halogens is 1. The van der Waals surface area contributed by atoms with Crippen LogP contribution in [0.3, 0.4) is 0 Å². The molecule has 0 amide bonds. The van der Waals surface area contributed by atoms with Crippen LogP contribution in [0.2, 0.25) is 0 Å². The fourth-order valence-electron chi connectivity index (χ4n) is 3.15. The summed E-state index contributed by atoms with van der Waals surface area (Å²) < 4.78 is 7.42. The molecule has 0 radical (unpaired) electrons. The lowest BCUT2D eigenvalue weighted by molar-refractivity contribution is -0.0335. The molecule has 1 saturated heterocycles. The number of fused-ring (bicyclic) bond motifs is 1. The number of piperidine rings is 1. The zero-order valence-corrected chi connectivity index (χ0v) is 12.2. The average Bonchev–Trinajstić information content (AvgIpc) is 2.34. The van der Waals surface area contributed by atoms with Gasteiger partial charge in [-0.05, 0) is 31.2 Å². The molecule has 2 aliphatic rings. The molecule has 0 saturated carbocycles. The molecular weight excluding hydrogens is 292 g/mol. The molecule has 3 atom stereocenters. The van der Waals surface area contributed by atoms with Gasteiger partial charge in [0.15, 0.2) is 0 Å². The van der Waals surface area contributed by atoms with Gasteiger partial charge in [-0.15, -0.1) is 0 Å². The Morgan fingerprint density at radius 3 is 3.11 bits per heavy atom. The maximum absolute atomic E-state index is 6.36. The topological polar surface area (TPSA) is 47.3 Å². The van der Waals surface area contributed by atoms with Gasteiger partial charge in [0, 0.05) is 35.0 Å². The highest BCUT2D eigenvalue weighted by Crippen LogP contribution is 2.45. The van der Waals surface area contributed by atoms with E-state index in [0.717, 1.165) is 41.7 Å². The van der Waals surface area contributed by atoms with E-state index in [-0.39, 0.29) is 11.6 Å². The first-order valence-corrected chi connectivity index (χ1v) is 7.35. The van der Waals surface area contributed by atoms with Crippen LogP contribution in [0.25, 0.3) is 0 Å². The van der Waals surface area contributed by atoms with E-state index in [1.807, 2.05) is 12.1 Å². The summed E-state index contributed by atoms with van der Waals surface area (Å²) >= 11 is 3.50. The van der Waals surface area contributed by atoms with Crippen LogP contribution in [0.5, 0.6) is 5.75 Å². The van der Waals surface area contributed by atoms with Crippen molar-refractivity contribution in [2.45, 2.75) is 31.4 Å².